The van der Waals surface area contributed by atoms with E-state index in [0.717, 1.165) is 17.3 Å². The van der Waals surface area contributed by atoms with Gasteiger partial charge in [0, 0.05) is 22.1 Å². The van der Waals surface area contributed by atoms with Gasteiger partial charge >= 0.3 is 0 Å². The first-order valence-corrected chi connectivity index (χ1v) is 6.54. The maximum atomic E-state index is 11.9. The van der Waals surface area contributed by atoms with E-state index >= 15 is 0 Å². The molecular weight excluding hydrogens is 266 g/mol. The molecule has 0 spiro atoms. The van der Waals surface area contributed by atoms with Crippen LogP contribution >= 0.6 is 15.9 Å². The molecule has 1 aliphatic carbocycles. The van der Waals surface area contributed by atoms with Crippen LogP contribution in [0.25, 0.3) is 0 Å². The SMILES string of the molecule is O=C(NC1CCCCC1)c1[c]c(Br)ccc1. The Morgan fingerprint density at radius 2 is 2.06 bits per heavy atom. The molecule has 1 aromatic rings. The van der Waals surface area contributed by atoms with E-state index in [1.54, 1.807) is 6.07 Å². The molecule has 0 aliphatic heterocycles. The number of carbonyl (C=O) groups excluding carboxylic acids is 1. The quantitative estimate of drug-likeness (QED) is 0.885. The Hall–Kier alpha value is -0.830. The van der Waals surface area contributed by atoms with Crippen molar-refractivity contribution in [1.29, 1.82) is 0 Å². The molecular formula is C13H15BrNO. The fraction of sp³-hybridized carbons (Fsp3) is 0.462. The van der Waals surface area contributed by atoms with Crippen LogP contribution in [-0.4, -0.2) is 11.9 Å². The van der Waals surface area contributed by atoms with Crippen LogP contribution < -0.4 is 5.32 Å². The van der Waals surface area contributed by atoms with Crippen LogP contribution in [0.2, 0.25) is 0 Å². The van der Waals surface area contributed by atoms with Crippen molar-refractivity contribution in [2.24, 2.45) is 0 Å². The molecule has 1 N–H and O–H groups in total. The van der Waals surface area contributed by atoms with Gasteiger partial charge in [-0.15, -0.1) is 0 Å². The van der Waals surface area contributed by atoms with Crippen molar-refractivity contribution in [3.8, 4) is 0 Å². The maximum absolute atomic E-state index is 11.9. The van der Waals surface area contributed by atoms with Gasteiger partial charge < -0.3 is 5.32 Å². The summed E-state index contributed by atoms with van der Waals surface area (Å²) in [5.41, 5.74) is 0.611. The fourth-order valence-electron chi connectivity index (χ4n) is 2.08. The monoisotopic (exact) mass is 280 g/mol. The molecule has 0 bridgehead atoms. The Balaban J connectivity index is 1.97. The average molecular weight is 281 g/mol. The van der Waals surface area contributed by atoms with E-state index in [2.05, 4.69) is 27.3 Å². The molecule has 16 heavy (non-hydrogen) atoms. The van der Waals surface area contributed by atoms with Crippen molar-refractivity contribution in [1.82, 2.24) is 5.32 Å². The van der Waals surface area contributed by atoms with Crippen LogP contribution in [0.3, 0.4) is 0 Å². The molecule has 0 heterocycles. The number of hydrogen-bond acceptors (Lipinski definition) is 1. The van der Waals surface area contributed by atoms with Crippen molar-refractivity contribution in [3.63, 3.8) is 0 Å². The van der Waals surface area contributed by atoms with E-state index < -0.39 is 0 Å². The van der Waals surface area contributed by atoms with Gasteiger partial charge in [0.25, 0.3) is 5.91 Å². The summed E-state index contributed by atoms with van der Waals surface area (Å²) in [5, 5.41) is 3.07. The summed E-state index contributed by atoms with van der Waals surface area (Å²) < 4.78 is 0.823. The van der Waals surface area contributed by atoms with Crippen LogP contribution in [0.4, 0.5) is 0 Å². The Morgan fingerprint density at radius 3 is 2.75 bits per heavy atom. The zero-order valence-corrected chi connectivity index (χ0v) is 10.7. The first-order chi connectivity index (χ1) is 7.75. The number of nitrogens with one attached hydrogen (secondary N) is 1. The topological polar surface area (TPSA) is 29.1 Å². The smallest absolute Gasteiger partial charge is 0.252 e. The normalized spacial score (nSPS) is 17.1. The summed E-state index contributed by atoms with van der Waals surface area (Å²) in [5.74, 6) is -0.00630. The van der Waals surface area contributed by atoms with Gasteiger partial charge in [-0.3, -0.25) is 4.79 Å². The molecule has 0 atom stereocenters. The third-order valence-electron chi connectivity index (χ3n) is 2.94. The van der Waals surface area contributed by atoms with Crippen LogP contribution in [0.1, 0.15) is 42.5 Å². The average Bonchev–Trinajstić information content (AvgIpc) is 2.30. The fourth-order valence-corrected chi connectivity index (χ4v) is 2.45. The third kappa shape index (κ3) is 3.08. The molecule has 0 unspecified atom stereocenters. The Labute approximate surface area is 105 Å². The largest absolute Gasteiger partial charge is 0.349 e. The highest BCUT2D eigenvalue weighted by atomic mass is 79.9. The summed E-state index contributed by atoms with van der Waals surface area (Å²) >= 11 is 3.32. The van der Waals surface area contributed by atoms with E-state index in [0.29, 0.717) is 11.6 Å². The predicted octanol–water partition coefficient (Wildman–Crippen LogP) is 3.31. The summed E-state index contributed by atoms with van der Waals surface area (Å²) in [6.07, 6.45) is 5.98. The number of halogens is 1. The Kier molecular flexibility index (Phi) is 3.99. The van der Waals surface area contributed by atoms with Crippen LogP contribution in [0.15, 0.2) is 22.7 Å². The second-order valence-electron chi connectivity index (χ2n) is 4.22. The van der Waals surface area contributed by atoms with Crippen LogP contribution in [0, 0.1) is 6.07 Å². The number of amides is 1. The summed E-state index contributed by atoms with van der Waals surface area (Å²) in [6, 6.07) is 8.88. The molecule has 0 aromatic heterocycles. The maximum Gasteiger partial charge on any atom is 0.252 e. The zero-order valence-electron chi connectivity index (χ0n) is 9.13. The molecule has 0 saturated heterocycles. The van der Waals surface area contributed by atoms with Crippen molar-refractivity contribution in [2.45, 2.75) is 38.1 Å². The third-order valence-corrected chi connectivity index (χ3v) is 3.41. The first-order valence-electron chi connectivity index (χ1n) is 5.74. The second kappa shape index (κ2) is 5.48. The molecule has 2 rings (SSSR count). The minimum absolute atomic E-state index is 0.00630. The molecule has 1 saturated carbocycles. The number of hydrogen-bond donors (Lipinski definition) is 1. The van der Waals surface area contributed by atoms with Gasteiger partial charge in [0.15, 0.2) is 0 Å². The molecule has 85 valence electrons. The molecule has 3 heteroatoms. The molecule has 1 amide bonds. The number of rotatable bonds is 2. The molecule has 1 radical (unpaired) electrons. The predicted molar refractivity (Wildman–Crippen MR) is 67.3 cm³/mol. The van der Waals surface area contributed by atoms with Crippen LogP contribution in [-0.2, 0) is 0 Å². The lowest BCUT2D eigenvalue weighted by atomic mass is 9.95. The highest BCUT2D eigenvalue weighted by molar-refractivity contribution is 9.10. The first kappa shape index (κ1) is 11.6. The van der Waals surface area contributed by atoms with Crippen LogP contribution in [0.5, 0.6) is 0 Å². The lowest BCUT2D eigenvalue weighted by Crippen LogP contribution is -2.36. The van der Waals surface area contributed by atoms with Gasteiger partial charge in [0.05, 0.1) is 0 Å². The van der Waals surface area contributed by atoms with E-state index in [4.69, 9.17) is 0 Å². The summed E-state index contributed by atoms with van der Waals surface area (Å²) in [6.45, 7) is 0. The lowest BCUT2D eigenvalue weighted by molar-refractivity contribution is 0.0927. The minimum Gasteiger partial charge on any atom is -0.349 e. The highest BCUT2D eigenvalue weighted by Crippen LogP contribution is 2.18. The van der Waals surface area contributed by atoms with Gasteiger partial charge in [-0.1, -0.05) is 41.3 Å². The van der Waals surface area contributed by atoms with E-state index in [1.165, 1.54) is 19.3 Å². The highest BCUT2D eigenvalue weighted by Gasteiger charge is 2.16. The second-order valence-corrected chi connectivity index (χ2v) is 5.08. The number of carbonyl (C=O) groups is 1. The minimum atomic E-state index is -0.00630. The van der Waals surface area contributed by atoms with Crippen molar-refractivity contribution < 1.29 is 4.79 Å². The molecule has 2 nitrogen and oxygen atoms in total. The van der Waals surface area contributed by atoms with Crippen molar-refractivity contribution in [2.75, 3.05) is 0 Å². The zero-order chi connectivity index (χ0) is 11.4. The van der Waals surface area contributed by atoms with Gasteiger partial charge in [-0.25, -0.2) is 0 Å². The van der Waals surface area contributed by atoms with Gasteiger partial charge in [-0.05, 0) is 25.0 Å². The molecule has 1 fully saturated rings. The van der Waals surface area contributed by atoms with Gasteiger partial charge in [0.1, 0.15) is 0 Å². The Bertz CT molecular complexity index is 372. The lowest BCUT2D eigenvalue weighted by Gasteiger charge is -2.22. The van der Waals surface area contributed by atoms with E-state index in [9.17, 15) is 4.79 Å². The summed E-state index contributed by atoms with van der Waals surface area (Å²) in [7, 11) is 0. The molecule has 1 aliphatic rings. The number of benzene rings is 1. The standard InChI is InChI=1S/C13H15BrNO/c14-11-6-4-5-10(9-11)13(16)15-12-7-2-1-3-8-12/h4-6,12H,1-3,7-8H2,(H,15,16). The van der Waals surface area contributed by atoms with E-state index in [-0.39, 0.29) is 5.91 Å². The van der Waals surface area contributed by atoms with E-state index in [1.807, 2.05) is 12.1 Å². The Morgan fingerprint density at radius 1 is 1.31 bits per heavy atom. The van der Waals surface area contributed by atoms with Gasteiger partial charge in [0.2, 0.25) is 0 Å². The molecule has 1 aromatic carbocycles. The summed E-state index contributed by atoms with van der Waals surface area (Å²) in [4.78, 5) is 11.9. The van der Waals surface area contributed by atoms with Crippen molar-refractivity contribution >= 4 is 21.8 Å². The van der Waals surface area contributed by atoms with Gasteiger partial charge in [-0.2, -0.15) is 0 Å². The van der Waals surface area contributed by atoms with Crippen molar-refractivity contribution in [3.05, 3.63) is 34.3 Å².